The van der Waals surface area contributed by atoms with Gasteiger partial charge in [-0.25, -0.2) is 0 Å². The van der Waals surface area contributed by atoms with Crippen molar-refractivity contribution in [1.82, 2.24) is 4.57 Å². The Labute approximate surface area is 167 Å². The first-order valence-electron chi connectivity index (χ1n) is 9.95. The highest BCUT2D eigenvalue weighted by Gasteiger charge is 2.21. The van der Waals surface area contributed by atoms with Crippen molar-refractivity contribution < 1.29 is 5.11 Å². The summed E-state index contributed by atoms with van der Waals surface area (Å²) in [5.41, 5.74) is 5.86. The molecular weight excluding hydrogens is 342 g/mol. The van der Waals surface area contributed by atoms with Gasteiger partial charge in [0.05, 0.1) is 16.7 Å². The molecule has 0 aliphatic rings. The fourth-order valence-electron chi connectivity index (χ4n) is 3.87. The second kappa shape index (κ2) is 6.13. The molecule has 0 bridgehead atoms. The maximum absolute atomic E-state index is 10.5. The Balaban J connectivity index is 2.15. The molecule has 0 radical (unpaired) electrons. The lowest BCUT2D eigenvalue weighted by Crippen LogP contribution is -2.10. The molecule has 2 nitrogen and oxygen atoms in total. The number of para-hydroxylation sites is 2. The Kier molecular flexibility index (Phi) is 4.08. The van der Waals surface area contributed by atoms with Crippen LogP contribution < -0.4 is 0 Å². The highest BCUT2D eigenvalue weighted by molar-refractivity contribution is 6.10. The summed E-state index contributed by atoms with van der Waals surface area (Å²) in [6.07, 6.45) is 0. The summed E-state index contributed by atoms with van der Waals surface area (Å²) < 4.78 is 2.18. The molecule has 4 rings (SSSR count). The third-order valence-electron chi connectivity index (χ3n) is 5.62. The molecule has 0 atom stereocenters. The molecule has 3 aromatic carbocycles. The van der Waals surface area contributed by atoms with Crippen LogP contribution in [-0.2, 0) is 10.8 Å². The molecule has 1 aromatic heterocycles. The van der Waals surface area contributed by atoms with Crippen LogP contribution >= 0.6 is 0 Å². The molecule has 0 fully saturated rings. The summed E-state index contributed by atoms with van der Waals surface area (Å²) in [4.78, 5) is 0. The van der Waals surface area contributed by atoms with E-state index in [1.165, 1.54) is 21.9 Å². The zero-order chi connectivity index (χ0) is 20.3. The lowest BCUT2D eigenvalue weighted by Gasteiger charge is -2.19. The molecule has 0 spiro atoms. The van der Waals surface area contributed by atoms with Gasteiger partial charge in [-0.15, -0.1) is 0 Å². The van der Waals surface area contributed by atoms with Crippen molar-refractivity contribution in [1.29, 1.82) is 0 Å². The van der Waals surface area contributed by atoms with E-state index in [0.717, 1.165) is 16.7 Å². The Morgan fingerprint density at radius 1 is 0.643 bits per heavy atom. The number of rotatable bonds is 1. The van der Waals surface area contributed by atoms with Crippen LogP contribution in [0.15, 0.2) is 60.7 Å². The molecule has 0 aliphatic heterocycles. The zero-order valence-corrected chi connectivity index (χ0v) is 17.7. The fourth-order valence-corrected chi connectivity index (χ4v) is 3.87. The number of phenolic OH excluding ortho intramolecular Hbond substituents is 1. The standard InChI is InChI=1S/C26H29NO/c1-25(2,3)17-11-13-21-19(15-17)20-16-18(26(4,5)6)12-14-22(20)27(21)23-9-7-8-10-24(23)28/h7-16,28H,1-6H3. The van der Waals surface area contributed by atoms with Gasteiger partial charge < -0.3 is 9.67 Å². The molecule has 1 N–H and O–H groups in total. The van der Waals surface area contributed by atoms with Gasteiger partial charge in [-0.3, -0.25) is 0 Å². The van der Waals surface area contributed by atoms with E-state index in [9.17, 15) is 5.11 Å². The van der Waals surface area contributed by atoms with Crippen LogP contribution in [0, 0.1) is 0 Å². The maximum Gasteiger partial charge on any atom is 0.139 e. The van der Waals surface area contributed by atoms with Crippen LogP contribution in [0.25, 0.3) is 27.5 Å². The zero-order valence-electron chi connectivity index (χ0n) is 17.7. The van der Waals surface area contributed by atoms with E-state index in [0.29, 0.717) is 5.75 Å². The van der Waals surface area contributed by atoms with Crippen LogP contribution in [0.5, 0.6) is 5.75 Å². The van der Waals surface area contributed by atoms with Crippen LogP contribution in [0.2, 0.25) is 0 Å². The van der Waals surface area contributed by atoms with Crippen molar-refractivity contribution in [2.75, 3.05) is 0 Å². The van der Waals surface area contributed by atoms with E-state index in [1.54, 1.807) is 6.07 Å². The van der Waals surface area contributed by atoms with Crippen molar-refractivity contribution in [2.45, 2.75) is 52.4 Å². The van der Waals surface area contributed by atoms with Crippen LogP contribution in [0.1, 0.15) is 52.7 Å². The maximum atomic E-state index is 10.5. The van der Waals surface area contributed by atoms with E-state index in [-0.39, 0.29) is 10.8 Å². The summed E-state index contributed by atoms with van der Waals surface area (Å²) >= 11 is 0. The summed E-state index contributed by atoms with van der Waals surface area (Å²) in [7, 11) is 0. The summed E-state index contributed by atoms with van der Waals surface area (Å²) in [5.74, 6) is 0.293. The molecule has 0 unspecified atom stereocenters. The molecule has 0 amide bonds. The molecule has 0 saturated carbocycles. The third kappa shape index (κ3) is 2.97. The first-order valence-corrected chi connectivity index (χ1v) is 9.95. The predicted molar refractivity (Wildman–Crippen MR) is 120 cm³/mol. The molecule has 2 heteroatoms. The van der Waals surface area contributed by atoms with E-state index in [1.807, 2.05) is 18.2 Å². The van der Waals surface area contributed by atoms with Gasteiger partial charge in [0.1, 0.15) is 5.75 Å². The van der Waals surface area contributed by atoms with Gasteiger partial charge in [-0.1, -0.05) is 65.8 Å². The summed E-state index contributed by atoms with van der Waals surface area (Å²) in [5, 5.41) is 13.0. The Morgan fingerprint density at radius 3 is 1.54 bits per heavy atom. The monoisotopic (exact) mass is 371 g/mol. The largest absolute Gasteiger partial charge is 0.506 e. The smallest absolute Gasteiger partial charge is 0.139 e. The highest BCUT2D eigenvalue weighted by Crippen LogP contribution is 2.38. The fraction of sp³-hybridized carbons (Fsp3) is 0.308. The number of aromatic nitrogens is 1. The summed E-state index contributed by atoms with van der Waals surface area (Å²) in [6.45, 7) is 13.5. The SMILES string of the molecule is CC(C)(C)c1ccc2c(c1)c1cc(C(C)(C)C)ccc1n2-c1ccccc1O. The van der Waals surface area contributed by atoms with E-state index in [2.05, 4.69) is 82.5 Å². The van der Waals surface area contributed by atoms with E-state index < -0.39 is 0 Å². The van der Waals surface area contributed by atoms with Gasteiger partial charge >= 0.3 is 0 Å². The number of nitrogens with zero attached hydrogens (tertiary/aromatic N) is 1. The predicted octanol–water partition coefficient (Wildman–Crippen LogP) is 7.08. The van der Waals surface area contributed by atoms with Gasteiger partial charge in [0, 0.05) is 10.8 Å². The lowest BCUT2D eigenvalue weighted by atomic mass is 9.85. The Hall–Kier alpha value is -2.74. The quantitative estimate of drug-likeness (QED) is 0.380. The molecule has 144 valence electrons. The number of phenols is 1. The van der Waals surface area contributed by atoms with Crippen molar-refractivity contribution in [3.8, 4) is 11.4 Å². The van der Waals surface area contributed by atoms with Crippen molar-refractivity contribution >= 4 is 21.8 Å². The molecule has 1 heterocycles. The van der Waals surface area contributed by atoms with Crippen molar-refractivity contribution in [3.63, 3.8) is 0 Å². The number of hydrogen-bond acceptors (Lipinski definition) is 1. The van der Waals surface area contributed by atoms with Crippen LogP contribution in [0.4, 0.5) is 0 Å². The van der Waals surface area contributed by atoms with Crippen molar-refractivity contribution in [2.24, 2.45) is 0 Å². The summed E-state index contributed by atoms with van der Waals surface area (Å²) in [6, 6.07) is 21.0. The lowest BCUT2D eigenvalue weighted by molar-refractivity contribution is 0.473. The van der Waals surface area contributed by atoms with Gasteiger partial charge in [0.2, 0.25) is 0 Å². The minimum absolute atomic E-state index is 0.0825. The Morgan fingerprint density at radius 2 is 1.11 bits per heavy atom. The first kappa shape index (κ1) is 18.6. The van der Waals surface area contributed by atoms with Gasteiger partial charge in [-0.05, 0) is 58.4 Å². The normalized spacial score (nSPS) is 12.8. The minimum atomic E-state index is 0.0825. The number of benzene rings is 3. The minimum Gasteiger partial charge on any atom is -0.506 e. The number of hydrogen-bond donors (Lipinski definition) is 1. The Bertz CT molecular complexity index is 1110. The van der Waals surface area contributed by atoms with Crippen LogP contribution in [0.3, 0.4) is 0 Å². The van der Waals surface area contributed by atoms with Crippen molar-refractivity contribution in [3.05, 3.63) is 71.8 Å². The van der Waals surface area contributed by atoms with E-state index >= 15 is 0 Å². The molecule has 0 aliphatic carbocycles. The molecule has 28 heavy (non-hydrogen) atoms. The second-order valence-electron chi connectivity index (χ2n) is 9.79. The average molecular weight is 372 g/mol. The van der Waals surface area contributed by atoms with Gasteiger partial charge in [0.15, 0.2) is 0 Å². The van der Waals surface area contributed by atoms with Crippen LogP contribution in [-0.4, -0.2) is 9.67 Å². The third-order valence-corrected chi connectivity index (χ3v) is 5.62. The topological polar surface area (TPSA) is 25.2 Å². The van der Waals surface area contributed by atoms with Gasteiger partial charge in [-0.2, -0.15) is 0 Å². The van der Waals surface area contributed by atoms with Gasteiger partial charge in [0.25, 0.3) is 0 Å². The molecule has 4 aromatic rings. The first-order chi connectivity index (χ1) is 13.1. The second-order valence-corrected chi connectivity index (χ2v) is 9.79. The molecule has 0 saturated heterocycles. The average Bonchev–Trinajstić information content (AvgIpc) is 2.94. The van der Waals surface area contributed by atoms with E-state index in [4.69, 9.17) is 0 Å². The molecular formula is C26H29NO. The highest BCUT2D eigenvalue weighted by atomic mass is 16.3. The number of fused-ring (bicyclic) bond motifs is 3. The number of aromatic hydroxyl groups is 1.